The molecule has 0 bridgehead atoms. The zero-order chi connectivity index (χ0) is 13.0. The summed E-state index contributed by atoms with van der Waals surface area (Å²) in [5.74, 6) is 2.52. The van der Waals surface area contributed by atoms with Gasteiger partial charge < -0.3 is 5.73 Å². The number of nitrogen functional groups attached to an aromatic ring is 1. The smallest absolute Gasteiger partial charge is 0.223 e. The van der Waals surface area contributed by atoms with Crippen molar-refractivity contribution in [2.45, 2.75) is 30.9 Å². The van der Waals surface area contributed by atoms with Crippen LogP contribution in [0.25, 0.3) is 0 Å². The molecule has 0 unspecified atom stereocenters. The molecule has 2 rings (SSSR count). The fraction of sp³-hybridized carbons (Fsp3) is 0.308. The molecule has 0 aliphatic heterocycles. The van der Waals surface area contributed by atoms with Crippen LogP contribution in [0.5, 0.6) is 0 Å². The summed E-state index contributed by atoms with van der Waals surface area (Å²) < 4.78 is 0. The number of nitrogens with zero attached hydrogens (tertiary/aromatic N) is 3. The van der Waals surface area contributed by atoms with E-state index < -0.39 is 0 Å². The second-order valence-electron chi connectivity index (χ2n) is 3.93. The first kappa shape index (κ1) is 12.8. The molecule has 18 heavy (non-hydrogen) atoms. The normalized spacial score (nSPS) is 10.6. The summed E-state index contributed by atoms with van der Waals surface area (Å²) in [5.41, 5.74) is 6.93. The van der Waals surface area contributed by atoms with Crippen molar-refractivity contribution in [2.75, 3.05) is 5.73 Å². The minimum atomic E-state index is 0.308. The minimum Gasteiger partial charge on any atom is -0.368 e. The van der Waals surface area contributed by atoms with E-state index >= 15 is 0 Å². The van der Waals surface area contributed by atoms with E-state index in [1.165, 1.54) is 10.5 Å². The first-order chi connectivity index (χ1) is 8.69. The van der Waals surface area contributed by atoms with Gasteiger partial charge in [0.2, 0.25) is 5.95 Å². The Bertz CT molecular complexity index is 542. The second-order valence-corrected chi connectivity index (χ2v) is 4.95. The lowest BCUT2D eigenvalue weighted by molar-refractivity contribution is 0.866. The van der Waals surface area contributed by atoms with Crippen LogP contribution in [-0.2, 0) is 12.2 Å². The average molecular weight is 260 g/mol. The lowest BCUT2D eigenvalue weighted by atomic mass is 10.2. The molecule has 94 valence electrons. The Balaban J connectivity index is 2.11. The minimum absolute atomic E-state index is 0.308. The molecule has 4 nitrogen and oxygen atoms in total. The molecule has 1 aromatic heterocycles. The van der Waals surface area contributed by atoms with E-state index in [1.54, 1.807) is 11.8 Å². The van der Waals surface area contributed by atoms with Crippen molar-refractivity contribution < 1.29 is 0 Å². The van der Waals surface area contributed by atoms with E-state index in [9.17, 15) is 0 Å². The predicted octanol–water partition coefficient (Wildman–Crippen LogP) is 2.62. The maximum atomic E-state index is 5.66. The summed E-state index contributed by atoms with van der Waals surface area (Å²) >= 11 is 1.72. The van der Waals surface area contributed by atoms with Crippen molar-refractivity contribution in [1.82, 2.24) is 15.0 Å². The van der Waals surface area contributed by atoms with E-state index in [1.807, 2.05) is 19.1 Å². The third-order valence-electron chi connectivity index (χ3n) is 2.51. The van der Waals surface area contributed by atoms with Crippen LogP contribution in [0.3, 0.4) is 0 Å². The molecular weight excluding hydrogens is 244 g/mol. The van der Waals surface area contributed by atoms with Gasteiger partial charge in [0.1, 0.15) is 11.6 Å². The zero-order valence-electron chi connectivity index (χ0n) is 10.6. The molecule has 0 saturated heterocycles. The number of nitrogens with two attached hydrogens (primary N) is 1. The van der Waals surface area contributed by atoms with Crippen LogP contribution in [-0.4, -0.2) is 15.0 Å². The number of benzene rings is 1. The van der Waals surface area contributed by atoms with Crippen molar-refractivity contribution in [3.8, 4) is 0 Å². The molecular formula is C13H16N4S. The van der Waals surface area contributed by atoms with Crippen molar-refractivity contribution in [1.29, 1.82) is 0 Å². The van der Waals surface area contributed by atoms with Gasteiger partial charge in [-0.15, -0.1) is 11.8 Å². The molecule has 0 fully saturated rings. The number of thioether (sulfide) groups is 1. The Labute approximate surface area is 111 Å². The summed E-state index contributed by atoms with van der Waals surface area (Å²) in [6.07, 6.45) is 0.773. The number of hydrogen-bond donors (Lipinski definition) is 1. The fourth-order valence-corrected chi connectivity index (χ4v) is 2.46. The highest BCUT2D eigenvalue weighted by atomic mass is 32.2. The van der Waals surface area contributed by atoms with E-state index in [-0.39, 0.29) is 0 Å². The Hall–Kier alpha value is -1.62. The van der Waals surface area contributed by atoms with Crippen molar-refractivity contribution in [3.63, 3.8) is 0 Å². The topological polar surface area (TPSA) is 64.7 Å². The number of aryl methyl sites for hydroxylation is 2. The Morgan fingerprint density at radius 3 is 2.56 bits per heavy atom. The van der Waals surface area contributed by atoms with Gasteiger partial charge in [0.15, 0.2) is 0 Å². The molecule has 0 aliphatic rings. The summed E-state index contributed by atoms with van der Waals surface area (Å²) in [4.78, 5) is 13.9. The molecule has 1 heterocycles. The fourth-order valence-electron chi connectivity index (χ4n) is 1.57. The van der Waals surface area contributed by atoms with Gasteiger partial charge in [0.25, 0.3) is 0 Å². The van der Waals surface area contributed by atoms with Crippen molar-refractivity contribution in [3.05, 3.63) is 41.5 Å². The SMILES string of the molecule is CCc1nc(N)nc(CSc2ccccc2C)n1. The average Bonchev–Trinajstić information content (AvgIpc) is 2.37. The number of rotatable bonds is 4. The van der Waals surface area contributed by atoms with Gasteiger partial charge in [0.05, 0.1) is 5.75 Å². The molecule has 0 spiro atoms. The van der Waals surface area contributed by atoms with Crippen LogP contribution in [0.4, 0.5) is 5.95 Å². The Morgan fingerprint density at radius 1 is 1.11 bits per heavy atom. The second kappa shape index (κ2) is 5.82. The first-order valence-electron chi connectivity index (χ1n) is 5.86. The molecule has 0 amide bonds. The quantitative estimate of drug-likeness (QED) is 0.856. The summed E-state index contributed by atoms with van der Waals surface area (Å²) in [6.45, 7) is 4.11. The van der Waals surface area contributed by atoms with E-state index in [0.717, 1.165) is 18.1 Å². The van der Waals surface area contributed by atoms with Crippen LogP contribution in [0, 0.1) is 6.92 Å². The third-order valence-corrected chi connectivity index (χ3v) is 3.68. The van der Waals surface area contributed by atoms with E-state index in [2.05, 4.69) is 34.0 Å². The Morgan fingerprint density at radius 2 is 1.83 bits per heavy atom. The van der Waals surface area contributed by atoms with Crippen molar-refractivity contribution in [2.24, 2.45) is 0 Å². The zero-order valence-corrected chi connectivity index (χ0v) is 11.4. The van der Waals surface area contributed by atoms with Crippen LogP contribution in [0.1, 0.15) is 24.1 Å². The molecule has 0 saturated carbocycles. The van der Waals surface area contributed by atoms with Crippen LogP contribution in [0.2, 0.25) is 0 Å². The highest BCUT2D eigenvalue weighted by Gasteiger charge is 2.05. The molecule has 0 radical (unpaired) electrons. The maximum Gasteiger partial charge on any atom is 0.223 e. The van der Waals surface area contributed by atoms with Gasteiger partial charge in [-0.2, -0.15) is 9.97 Å². The molecule has 0 aliphatic carbocycles. The standard InChI is InChI=1S/C13H16N4S/c1-3-11-15-12(17-13(14)16-11)8-18-10-7-5-4-6-9(10)2/h4-7H,3,8H2,1-2H3,(H2,14,15,16,17). The van der Waals surface area contributed by atoms with Gasteiger partial charge >= 0.3 is 0 Å². The summed E-state index contributed by atoms with van der Waals surface area (Å²) in [7, 11) is 0. The molecule has 5 heteroatoms. The van der Waals surface area contributed by atoms with Gasteiger partial charge in [-0.3, -0.25) is 0 Å². The van der Waals surface area contributed by atoms with Gasteiger partial charge in [-0.05, 0) is 18.6 Å². The third kappa shape index (κ3) is 3.20. The Kier molecular flexibility index (Phi) is 4.15. The largest absolute Gasteiger partial charge is 0.368 e. The van der Waals surface area contributed by atoms with Gasteiger partial charge in [-0.25, -0.2) is 4.98 Å². The lowest BCUT2D eigenvalue weighted by Gasteiger charge is -2.05. The highest BCUT2D eigenvalue weighted by molar-refractivity contribution is 7.98. The lowest BCUT2D eigenvalue weighted by Crippen LogP contribution is -2.05. The molecule has 0 atom stereocenters. The maximum absolute atomic E-state index is 5.66. The van der Waals surface area contributed by atoms with Crippen LogP contribution < -0.4 is 5.73 Å². The van der Waals surface area contributed by atoms with E-state index in [0.29, 0.717) is 11.7 Å². The number of aromatic nitrogens is 3. The molecule has 1 aromatic carbocycles. The summed E-state index contributed by atoms with van der Waals surface area (Å²) in [5, 5.41) is 0. The van der Waals surface area contributed by atoms with Crippen molar-refractivity contribution >= 4 is 17.7 Å². The number of anilines is 1. The van der Waals surface area contributed by atoms with E-state index in [4.69, 9.17) is 5.73 Å². The molecule has 2 aromatic rings. The number of hydrogen-bond acceptors (Lipinski definition) is 5. The van der Waals surface area contributed by atoms with Gasteiger partial charge in [-0.1, -0.05) is 25.1 Å². The monoisotopic (exact) mass is 260 g/mol. The van der Waals surface area contributed by atoms with Crippen LogP contribution in [0.15, 0.2) is 29.2 Å². The highest BCUT2D eigenvalue weighted by Crippen LogP contribution is 2.24. The van der Waals surface area contributed by atoms with Crippen LogP contribution >= 0.6 is 11.8 Å². The predicted molar refractivity (Wildman–Crippen MR) is 74.4 cm³/mol. The summed E-state index contributed by atoms with van der Waals surface area (Å²) in [6, 6.07) is 8.27. The molecule has 2 N–H and O–H groups in total. The van der Waals surface area contributed by atoms with Gasteiger partial charge in [0, 0.05) is 11.3 Å². The first-order valence-corrected chi connectivity index (χ1v) is 6.85.